The van der Waals surface area contributed by atoms with Crippen molar-refractivity contribution >= 4 is 11.8 Å². The van der Waals surface area contributed by atoms with Crippen LogP contribution in [-0.4, -0.2) is 35.8 Å². The molecule has 1 unspecified atom stereocenters. The van der Waals surface area contributed by atoms with E-state index in [4.69, 9.17) is 0 Å². The quantitative estimate of drug-likeness (QED) is 0.726. The molecule has 1 radical (unpaired) electrons. The zero-order valence-corrected chi connectivity index (χ0v) is 9.35. The molecule has 3 rings (SSSR count). The molecule has 0 aromatic heterocycles. The molecule has 1 saturated heterocycles. The van der Waals surface area contributed by atoms with E-state index in [1.807, 2.05) is 6.42 Å². The molecule has 17 heavy (non-hydrogen) atoms. The molecule has 0 aliphatic carbocycles. The summed E-state index contributed by atoms with van der Waals surface area (Å²) in [4.78, 5) is 25.7. The average molecular weight is 229 g/mol. The van der Waals surface area contributed by atoms with Crippen molar-refractivity contribution in [3.63, 3.8) is 0 Å². The molecule has 2 heterocycles. The van der Waals surface area contributed by atoms with Crippen molar-refractivity contribution in [2.45, 2.75) is 12.5 Å². The van der Waals surface area contributed by atoms with Crippen molar-refractivity contribution in [2.24, 2.45) is 0 Å². The van der Waals surface area contributed by atoms with E-state index in [-0.39, 0.29) is 17.9 Å². The number of fused-ring (bicyclic) bond motifs is 1. The molecule has 0 saturated carbocycles. The maximum Gasteiger partial charge on any atom is 0.261 e. The zero-order chi connectivity index (χ0) is 11.8. The Morgan fingerprint density at radius 3 is 2.29 bits per heavy atom. The number of piperidine rings is 1. The van der Waals surface area contributed by atoms with Crippen LogP contribution in [0.25, 0.3) is 0 Å². The molecular formula is C13H13N2O2. The summed E-state index contributed by atoms with van der Waals surface area (Å²) in [5.74, 6) is -0.317. The molecule has 87 valence electrons. The number of imide groups is 1. The van der Waals surface area contributed by atoms with Crippen LogP contribution in [0, 0.1) is 6.42 Å². The fourth-order valence-electron chi connectivity index (χ4n) is 2.43. The largest absolute Gasteiger partial charge is 0.316 e. The normalized spacial score (nSPS) is 20.8. The molecule has 2 aliphatic rings. The van der Waals surface area contributed by atoms with Crippen LogP contribution in [0.2, 0.25) is 0 Å². The molecular weight excluding hydrogens is 216 g/mol. The van der Waals surface area contributed by atoms with E-state index in [9.17, 15) is 9.59 Å². The number of nitrogens with zero attached hydrogens (tertiary/aromatic N) is 1. The van der Waals surface area contributed by atoms with Gasteiger partial charge in [0.2, 0.25) is 0 Å². The SMILES string of the molecule is O=C1c2ccccc2C(=O)N1C1[CH]CNCC1. The Morgan fingerprint density at radius 1 is 1.12 bits per heavy atom. The van der Waals surface area contributed by atoms with Crippen LogP contribution < -0.4 is 5.32 Å². The van der Waals surface area contributed by atoms with Crippen molar-refractivity contribution in [3.05, 3.63) is 41.8 Å². The van der Waals surface area contributed by atoms with Gasteiger partial charge >= 0.3 is 0 Å². The number of nitrogens with one attached hydrogen (secondary N) is 1. The Kier molecular flexibility index (Phi) is 2.44. The first-order chi connectivity index (χ1) is 8.29. The van der Waals surface area contributed by atoms with Crippen molar-refractivity contribution in [2.75, 3.05) is 13.1 Å². The van der Waals surface area contributed by atoms with E-state index in [1.54, 1.807) is 24.3 Å². The van der Waals surface area contributed by atoms with E-state index < -0.39 is 0 Å². The van der Waals surface area contributed by atoms with E-state index >= 15 is 0 Å². The molecule has 2 aliphatic heterocycles. The second-order valence-corrected chi connectivity index (χ2v) is 4.32. The van der Waals surface area contributed by atoms with Gasteiger partial charge in [-0.1, -0.05) is 12.1 Å². The Hall–Kier alpha value is -1.68. The van der Waals surface area contributed by atoms with Gasteiger partial charge < -0.3 is 5.32 Å². The van der Waals surface area contributed by atoms with Crippen molar-refractivity contribution in [1.29, 1.82) is 0 Å². The Balaban J connectivity index is 1.94. The summed E-state index contributed by atoms with van der Waals surface area (Å²) in [7, 11) is 0. The minimum Gasteiger partial charge on any atom is -0.316 e. The topological polar surface area (TPSA) is 49.4 Å². The Labute approximate surface area is 99.6 Å². The van der Waals surface area contributed by atoms with Crippen molar-refractivity contribution in [1.82, 2.24) is 10.2 Å². The van der Waals surface area contributed by atoms with Gasteiger partial charge in [-0.2, -0.15) is 0 Å². The van der Waals surface area contributed by atoms with Gasteiger partial charge in [-0.3, -0.25) is 14.5 Å². The smallest absolute Gasteiger partial charge is 0.261 e. The van der Waals surface area contributed by atoms with E-state index in [0.29, 0.717) is 11.1 Å². The second kappa shape index (κ2) is 3.96. The van der Waals surface area contributed by atoms with Crippen LogP contribution in [0.4, 0.5) is 0 Å². The van der Waals surface area contributed by atoms with Crippen LogP contribution >= 0.6 is 0 Å². The standard InChI is InChI=1S/C13H13N2O2/c16-12-10-3-1-2-4-11(10)13(17)15(12)9-5-7-14-8-6-9/h1-5,9,14H,6-8H2. The first-order valence-electron chi connectivity index (χ1n) is 5.80. The predicted octanol–water partition coefficient (Wildman–Crippen LogP) is 0.849. The molecule has 1 fully saturated rings. The van der Waals surface area contributed by atoms with Gasteiger partial charge in [0, 0.05) is 12.6 Å². The van der Waals surface area contributed by atoms with Crippen LogP contribution in [-0.2, 0) is 0 Å². The Bertz CT molecular complexity index is 443. The van der Waals surface area contributed by atoms with E-state index in [1.165, 1.54) is 4.90 Å². The van der Waals surface area contributed by atoms with Gasteiger partial charge in [0.15, 0.2) is 0 Å². The third-order valence-electron chi connectivity index (χ3n) is 3.31. The summed E-state index contributed by atoms with van der Waals surface area (Å²) < 4.78 is 0. The maximum atomic E-state index is 12.2. The van der Waals surface area contributed by atoms with Crippen LogP contribution in [0.1, 0.15) is 27.1 Å². The highest BCUT2D eigenvalue weighted by Crippen LogP contribution is 2.26. The summed E-state index contributed by atoms with van der Waals surface area (Å²) >= 11 is 0. The highest BCUT2D eigenvalue weighted by Gasteiger charge is 2.39. The first kappa shape index (κ1) is 10.5. The summed E-state index contributed by atoms with van der Waals surface area (Å²) in [6.07, 6.45) is 2.79. The summed E-state index contributed by atoms with van der Waals surface area (Å²) in [5.41, 5.74) is 1.06. The lowest BCUT2D eigenvalue weighted by molar-refractivity contribution is 0.0590. The highest BCUT2D eigenvalue weighted by atomic mass is 16.2. The van der Waals surface area contributed by atoms with Gasteiger partial charge in [0.25, 0.3) is 11.8 Å². The fraction of sp³-hybridized carbons (Fsp3) is 0.308. The lowest BCUT2D eigenvalue weighted by atomic mass is 10.1. The summed E-state index contributed by atoms with van der Waals surface area (Å²) in [6.45, 7) is 1.59. The predicted molar refractivity (Wildman–Crippen MR) is 62.5 cm³/mol. The van der Waals surface area contributed by atoms with E-state index in [0.717, 1.165) is 19.5 Å². The second-order valence-electron chi connectivity index (χ2n) is 4.32. The van der Waals surface area contributed by atoms with E-state index in [2.05, 4.69) is 5.32 Å². The number of carbonyl (C=O) groups is 2. The summed E-state index contributed by atoms with van der Waals surface area (Å²) in [5, 5.41) is 3.18. The third-order valence-corrected chi connectivity index (χ3v) is 3.31. The number of hydrogen-bond acceptors (Lipinski definition) is 3. The molecule has 1 aromatic rings. The van der Waals surface area contributed by atoms with Crippen LogP contribution in [0.3, 0.4) is 0 Å². The Morgan fingerprint density at radius 2 is 1.76 bits per heavy atom. The fourth-order valence-corrected chi connectivity index (χ4v) is 2.43. The van der Waals surface area contributed by atoms with Crippen molar-refractivity contribution < 1.29 is 9.59 Å². The van der Waals surface area contributed by atoms with Crippen molar-refractivity contribution in [3.8, 4) is 0 Å². The number of hydrogen-bond donors (Lipinski definition) is 1. The molecule has 1 atom stereocenters. The van der Waals surface area contributed by atoms with Gasteiger partial charge in [-0.15, -0.1) is 0 Å². The van der Waals surface area contributed by atoms with Gasteiger partial charge in [-0.25, -0.2) is 0 Å². The molecule has 1 aromatic carbocycles. The molecule has 0 bridgehead atoms. The number of rotatable bonds is 1. The molecule has 4 nitrogen and oxygen atoms in total. The zero-order valence-electron chi connectivity index (χ0n) is 9.35. The lowest BCUT2D eigenvalue weighted by Gasteiger charge is -2.29. The molecule has 1 N–H and O–H groups in total. The molecule has 2 amide bonds. The van der Waals surface area contributed by atoms with Crippen LogP contribution in [0.15, 0.2) is 24.3 Å². The monoisotopic (exact) mass is 229 g/mol. The molecule has 4 heteroatoms. The maximum absolute atomic E-state index is 12.2. The lowest BCUT2D eigenvalue weighted by Crippen LogP contribution is -2.46. The minimum absolute atomic E-state index is 0.0661. The highest BCUT2D eigenvalue weighted by molar-refractivity contribution is 6.21. The van der Waals surface area contributed by atoms with Gasteiger partial charge in [0.05, 0.1) is 11.1 Å². The third kappa shape index (κ3) is 1.56. The minimum atomic E-state index is -0.159. The van der Waals surface area contributed by atoms with Crippen LogP contribution in [0.5, 0.6) is 0 Å². The number of amides is 2. The number of carbonyl (C=O) groups excluding carboxylic acids is 2. The summed E-state index contributed by atoms with van der Waals surface area (Å²) in [6, 6.07) is 6.95. The first-order valence-corrected chi connectivity index (χ1v) is 5.80. The number of benzene rings is 1. The van der Waals surface area contributed by atoms with Gasteiger partial charge in [-0.05, 0) is 31.5 Å². The average Bonchev–Trinajstić information content (AvgIpc) is 2.64. The molecule has 0 spiro atoms. The van der Waals surface area contributed by atoms with Gasteiger partial charge in [0.1, 0.15) is 0 Å².